The maximum absolute atomic E-state index is 13.7. The quantitative estimate of drug-likeness (QED) is 0.781. The second kappa shape index (κ2) is 8.42. The molecule has 1 aromatic rings. The third kappa shape index (κ3) is 5.71. The number of hydrogen-bond acceptors (Lipinski definition) is 3. The Morgan fingerprint density at radius 3 is 2.65 bits per heavy atom. The number of aliphatic hydroxyl groups is 1. The summed E-state index contributed by atoms with van der Waals surface area (Å²) in [6.45, 7) is -0.0742. The van der Waals surface area contributed by atoms with Crippen molar-refractivity contribution in [3.63, 3.8) is 0 Å². The molecule has 0 aliphatic heterocycles. The van der Waals surface area contributed by atoms with Crippen molar-refractivity contribution in [2.45, 2.75) is 50.3 Å². The monoisotopic (exact) mass is 363 g/mol. The van der Waals surface area contributed by atoms with Crippen molar-refractivity contribution >= 4 is 21.6 Å². The first kappa shape index (κ1) is 18.6. The number of sulfonamides is 1. The van der Waals surface area contributed by atoms with Crippen LogP contribution < -0.4 is 4.72 Å². The summed E-state index contributed by atoms with van der Waals surface area (Å²) in [6.07, 6.45) is 5.62. The Morgan fingerprint density at radius 2 is 2.00 bits per heavy atom. The topological polar surface area (TPSA) is 66.4 Å². The first-order chi connectivity index (χ1) is 10.9. The molecule has 4 nitrogen and oxygen atoms in total. The molecule has 0 bridgehead atoms. The molecule has 130 valence electrons. The summed E-state index contributed by atoms with van der Waals surface area (Å²) >= 11 is 5.81. The summed E-state index contributed by atoms with van der Waals surface area (Å²) in [5, 5.41) is 9.52. The minimum atomic E-state index is -3.70. The Balaban J connectivity index is 2.09. The Hall–Kier alpha value is -0.690. The second-order valence-corrected chi connectivity index (χ2v) is 8.32. The van der Waals surface area contributed by atoms with Gasteiger partial charge in [-0.15, -0.1) is 0 Å². The predicted molar refractivity (Wildman–Crippen MR) is 89.2 cm³/mol. The van der Waals surface area contributed by atoms with Gasteiger partial charge in [0.15, 0.2) is 0 Å². The van der Waals surface area contributed by atoms with E-state index in [1.165, 1.54) is 24.6 Å². The Kier molecular flexibility index (Phi) is 6.83. The van der Waals surface area contributed by atoms with E-state index >= 15 is 0 Å². The summed E-state index contributed by atoms with van der Waals surface area (Å²) in [7, 11) is -3.70. The molecular formula is C16H23ClFNO3S. The lowest BCUT2D eigenvalue weighted by Crippen LogP contribution is -2.42. The zero-order chi connectivity index (χ0) is 16.9. The van der Waals surface area contributed by atoms with Crippen molar-refractivity contribution in [1.29, 1.82) is 0 Å². The van der Waals surface area contributed by atoms with Crippen molar-refractivity contribution in [3.05, 3.63) is 34.6 Å². The van der Waals surface area contributed by atoms with Crippen LogP contribution in [0.5, 0.6) is 0 Å². The molecule has 0 aromatic heterocycles. The van der Waals surface area contributed by atoms with Crippen LogP contribution in [0.3, 0.4) is 0 Å². The lowest BCUT2D eigenvalue weighted by molar-refractivity contribution is 0.221. The number of hydrogen-bond donors (Lipinski definition) is 2. The van der Waals surface area contributed by atoms with Gasteiger partial charge in [-0.3, -0.25) is 0 Å². The van der Waals surface area contributed by atoms with E-state index in [2.05, 4.69) is 4.72 Å². The number of benzene rings is 1. The highest BCUT2D eigenvalue weighted by atomic mass is 35.5. The molecule has 23 heavy (non-hydrogen) atoms. The molecule has 0 unspecified atom stereocenters. The molecule has 0 heterocycles. The largest absolute Gasteiger partial charge is 0.396 e. The lowest BCUT2D eigenvalue weighted by atomic mass is 9.83. The van der Waals surface area contributed by atoms with Gasteiger partial charge in [-0.05, 0) is 43.4 Å². The Bertz CT molecular complexity index is 618. The van der Waals surface area contributed by atoms with Gasteiger partial charge in [-0.25, -0.2) is 17.5 Å². The van der Waals surface area contributed by atoms with E-state index in [-0.39, 0.29) is 24.1 Å². The Labute approximate surface area is 142 Å². The summed E-state index contributed by atoms with van der Waals surface area (Å²) in [5.41, 5.74) is 0.0522. The minimum Gasteiger partial charge on any atom is -0.396 e. The molecule has 0 spiro atoms. The van der Waals surface area contributed by atoms with Gasteiger partial charge in [0.1, 0.15) is 5.82 Å². The fraction of sp³-hybridized carbons (Fsp3) is 0.625. The molecule has 0 radical (unpaired) electrons. The van der Waals surface area contributed by atoms with Crippen LogP contribution in [-0.4, -0.2) is 26.2 Å². The average molecular weight is 364 g/mol. The van der Waals surface area contributed by atoms with Crippen LogP contribution in [0, 0.1) is 11.7 Å². The molecule has 1 fully saturated rings. The van der Waals surface area contributed by atoms with E-state index in [4.69, 9.17) is 11.6 Å². The fourth-order valence-electron chi connectivity index (χ4n) is 3.20. The average Bonchev–Trinajstić information content (AvgIpc) is 2.51. The van der Waals surface area contributed by atoms with Crippen molar-refractivity contribution in [1.82, 2.24) is 4.72 Å². The van der Waals surface area contributed by atoms with Gasteiger partial charge in [-0.1, -0.05) is 30.9 Å². The normalized spacial score (nSPS) is 18.0. The zero-order valence-corrected chi connectivity index (χ0v) is 14.5. The molecule has 2 rings (SSSR count). The first-order valence-corrected chi connectivity index (χ1v) is 9.99. The molecule has 1 aliphatic rings. The van der Waals surface area contributed by atoms with Crippen LogP contribution in [0.1, 0.15) is 44.1 Å². The highest BCUT2D eigenvalue weighted by Gasteiger charge is 2.27. The number of halogens is 2. The van der Waals surface area contributed by atoms with Gasteiger partial charge < -0.3 is 5.11 Å². The molecule has 1 saturated carbocycles. The fourth-order valence-corrected chi connectivity index (χ4v) is 4.88. The first-order valence-electron chi connectivity index (χ1n) is 7.96. The van der Waals surface area contributed by atoms with Gasteiger partial charge in [0, 0.05) is 23.2 Å². The SMILES string of the molecule is O=S(=O)(Cc1cc(Cl)ccc1F)N[C@@H](CCO)C1CCCCC1. The van der Waals surface area contributed by atoms with Gasteiger partial charge in [0.25, 0.3) is 0 Å². The number of aliphatic hydroxyl groups excluding tert-OH is 1. The third-order valence-electron chi connectivity index (χ3n) is 4.34. The minimum absolute atomic E-state index is 0.0522. The standard InChI is InChI=1S/C16H23ClFNO3S/c17-14-6-7-15(18)13(10-14)11-23(21,22)19-16(8-9-20)12-4-2-1-3-5-12/h6-7,10,12,16,19-20H,1-5,8-9,11H2/t16-/m0/s1. The van der Waals surface area contributed by atoms with Crippen molar-refractivity contribution in [3.8, 4) is 0 Å². The van der Waals surface area contributed by atoms with Gasteiger partial charge >= 0.3 is 0 Å². The molecule has 1 aromatic carbocycles. The highest BCUT2D eigenvalue weighted by Crippen LogP contribution is 2.28. The van der Waals surface area contributed by atoms with Crippen LogP contribution in [-0.2, 0) is 15.8 Å². The van der Waals surface area contributed by atoms with Crippen molar-refractivity contribution < 1.29 is 17.9 Å². The molecule has 2 N–H and O–H groups in total. The maximum atomic E-state index is 13.7. The number of nitrogens with one attached hydrogen (secondary N) is 1. The van der Waals surface area contributed by atoms with E-state index in [0.29, 0.717) is 11.4 Å². The summed E-state index contributed by atoms with van der Waals surface area (Å²) in [6, 6.07) is 3.58. The van der Waals surface area contributed by atoms with E-state index in [0.717, 1.165) is 25.7 Å². The van der Waals surface area contributed by atoms with Gasteiger partial charge in [0.2, 0.25) is 10.0 Å². The van der Waals surface area contributed by atoms with Crippen LogP contribution in [0.25, 0.3) is 0 Å². The van der Waals surface area contributed by atoms with Crippen molar-refractivity contribution in [2.75, 3.05) is 6.61 Å². The van der Waals surface area contributed by atoms with Crippen LogP contribution >= 0.6 is 11.6 Å². The third-order valence-corrected chi connectivity index (χ3v) is 5.93. The van der Waals surface area contributed by atoms with E-state index in [1.54, 1.807) is 0 Å². The lowest BCUT2D eigenvalue weighted by Gasteiger charge is -2.30. The van der Waals surface area contributed by atoms with Gasteiger partial charge in [0.05, 0.1) is 5.75 Å². The van der Waals surface area contributed by atoms with Crippen LogP contribution in [0.15, 0.2) is 18.2 Å². The summed E-state index contributed by atoms with van der Waals surface area (Å²) in [4.78, 5) is 0. The molecule has 0 saturated heterocycles. The highest BCUT2D eigenvalue weighted by molar-refractivity contribution is 7.88. The molecule has 1 atom stereocenters. The summed E-state index contributed by atoms with van der Waals surface area (Å²) < 4.78 is 41.2. The molecule has 1 aliphatic carbocycles. The van der Waals surface area contributed by atoms with E-state index in [9.17, 15) is 17.9 Å². The van der Waals surface area contributed by atoms with Crippen LogP contribution in [0.4, 0.5) is 4.39 Å². The molecule has 7 heteroatoms. The van der Waals surface area contributed by atoms with Crippen LogP contribution in [0.2, 0.25) is 5.02 Å². The molecule has 0 amide bonds. The number of rotatable bonds is 7. The predicted octanol–water partition coefficient (Wildman–Crippen LogP) is 3.23. The van der Waals surface area contributed by atoms with E-state index < -0.39 is 21.6 Å². The Morgan fingerprint density at radius 1 is 1.30 bits per heavy atom. The van der Waals surface area contributed by atoms with Crippen molar-refractivity contribution in [2.24, 2.45) is 5.92 Å². The molecular weight excluding hydrogens is 341 g/mol. The zero-order valence-electron chi connectivity index (χ0n) is 13.0. The maximum Gasteiger partial charge on any atom is 0.216 e. The second-order valence-electron chi connectivity index (χ2n) is 6.13. The summed E-state index contributed by atoms with van der Waals surface area (Å²) in [5.74, 6) is -0.806. The van der Waals surface area contributed by atoms with E-state index in [1.807, 2.05) is 0 Å². The smallest absolute Gasteiger partial charge is 0.216 e. The van der Waals surface area contributed by atoms with Gasteiger partial charge in [-0.2, -0.15) is 0 Å².